The summed E-state index contributed by atoms with van der Waals surface area (Å²) < 4.78 is 43.0. The fourth-order valence-electron chi connectivity index (χ4n) is 5.00. The number of allylic oxidation sites excluding steroid dienone is 1. The summed E-state index contributed by atoms with van der Waals surface area (Å²) in [6.45, 7) is 1.77. The smallest absolute Gasteiger partial charge is 0.271 e. The highest BCUT2D eigenvalue weighted by Crippen LogP contribution is 2.54. The number of aromatic nitrogens is 2. The molecule has 0 amide bonds. The molecule has 5 rings (SSSR count). The van der Waals surface area contributed by atoms with E-state index in [4.69, 9.17) is 5.41 Å². The van der Waals surface area contributed by atoms with Gasteiger partial charge in [0.05, 0.1) is 35.0 Å². The second-order valence-corrected chi connectivity index (χ2v) is 10.1. The number of likely N-dealkylation sites (tertiary alicyclic amines) is 1. The first-order chi connectivity index (χ1) is 17.7. The second-order valence-electron chi connectivity index (χ2n) is 10.1. The van der Waals surface area contributed by atoms with E-state index in [0.29, 0.717) is 28.6 Å². The number of hydrogen-bond acceptors (Lipinski definition) is 6. The number of anilines is 1. The first-order valence-electron chi connectivity index (χ1n) is 12.3. The van der Waals surface area contributed by atoms with Crippen LogP contribution in [0.3, 0.4) is 0 Å². The highest BCUT2D eigenvalue weighted by Gasteiger charge is 2.44. The predicted octanol–water partition coefficient (Wildman–Crippen LogP) is 5.21. The van der Waals surface area contributed by atoms with Gasteiger partial charge < -0.3 is 15.2 Å². The Morgan fingerprint density at radius 3 is 2.41 bits per heavy atom. The highest BCUT2D eigenvalue weighted by atomic mass is 19.3. The van der Waals surface area contributed by atoms with E-state index in [0.717, 1.165) is 25.9 Å². The van der Waals surface area contributed by atoms with Gasteiger partial charge in [0.2, 0.25) is 0 Å². The highest BCUT2D eigenvalue weighted by molar-refractivity contribution is 5.88. The summed E-state index contributed by atoms with van der Waals surface area (Å²) >= 11 is 0. The number of non-ortho nitro benzene ring substituents is 1. The molecule has 1 aromatic heterocycles. The molecule has 0 radical (unpaired) electrons. The summed E-state index contributed by atoms with van der Waals surface area (Å²) in [5.41, 5.74) is 1.85. The van der Waals surface area contributed by atoms with Gasteiger partial charge in [-0.3, -0.25) is 10.1 Å². The fraction of sp³-hybridized carbons (Fsp3) is 0.480. The van der Waals surface area contributed by atoms with E-state index in [-0.39, 0.29) is 37.3 Å². The molecule has 2 aliphatic heterocycles. The van der Waals surface area contributed by atoms with Crippen molar-refractivity contribution < 1.29 is 18.1 Å². The molecular formula is C25H28F3N7O2. The summed E-state index contributed by atoms with van der Waals surface area (Å²) in [6, 6.07) is 4.58. The molecule has 1 N–H and O–H groups in total. The van der Waals surface area contributed by atoms with Crippen molar-refractivity contribution in [1.29, 1.82) is 5.41 Å². The minimum atomic E-state index is -2.71. The van der Waals surface area contributed by atoms with E-state index in [9.17, 15) is 23.3 Å². The Kier molecular flexibility index (Phi) is 6.50. The van der Waals surface area contributed by atoms with Gasteiger partial charge in [-0.15, -0.1) is 0 Å². The number of hydrogen-bond donors (Lipinski definition) is 1. The zero-order valence-electron chi connectivity index (χ0n) is 20.2. The molecule has 3 heterocycles. The van der Waals surface area contributed by atoms with E-state index in [2.05, 4.69) is 15.0 Å². The number of aliphatic imine (C=N–C) groups is 1. The minimum Gasteiger partial charge on any atom is -0.370 e. The Labute approximate surface area is 211 Å². The van der Waals surface area contributed by atoms with Crippen molar-refractivity contribution in [2.75, 3.05) is 31.1 Å². The molecule has 0 bridgehead atoms. The third-order valence-corrected chi connectivity index (χ3v) is 7.63. The lowest BCUT2D eigenvalue weighted by Crippen LogP contribution is -2.38. The monoisotopic (exact) mass is 515 g/mol. The molecule has 1 aliphatic carbocycles. The summed E-state index contributed by atoms with van der Waals surface area (Å²) in [6.07, 6.45) is 8.75. The van der Waals surface area contributed by atoms with Crippen LogP contribution < -0.4 is 4.90 Å². The van der Waals surface area contributed by atoms with Crippen LogP contribution in [0.15, 0.2) is 41.4 Å². The molecular weight excluding hydrogens is 487 g/mol. The number of nitro groups is 1. The van der Waals surface area contributed by atoms with E-state index in [1.165, 1.54) is 36.1 Å². The number of nitrogens with zero attached hydrogens (tertiary/aromatic N) is 6. The third kappa shape index (κ3) is 5.37. The van der Waals surface area contributed by atoms with E-state index < -0.39 is 16.7 Å². The zero-order chi connectivity index (χ0) is 26.2. The maximum atomic E-state index is 14.6. The largest absolute Gasteiger partial charge is 0.370 e. The Bertz CT molecular complexity index is 1250. The van der Waals surface area contributed by atoms with Gasteiger partial charge in [-0.1, -0.05) is 0 Å². The second kappa shape index (κ2) is 9.64. The summed E-state index contributed by atoms with van der Waals surface area (Å²) in [7, 11) is 0. The SMILES string of the molecule is N=C/C(F)=C(\N=CN1CCC(F)(F)CC1)c1cnn(-c2ccc([N+](=O)[O-])cc2N2CCC3(CC2)CC3)c1. The molecule has 1 saturated carbocycles. The minimum absolute atomic E-state index is 0.0232. The number of nitrogens with one attached hydrogen (secondary N) is 1. The lowest BCUT2D eigenvalue weighted by Gasteiger charge is -2.34. The Morgan fingerprint density at radius 1 is 1.08 bits per heavy atom. The van der Waals surface area contributed by atoms with Gasteiger partial charge in [0.25, 0.3) is 11.6 Å². The van der Waals surface area contributed by atoms with Crippen molar-refractivity contribution in [1.82, 2.24) is 14.7 Å². The molecule has 2 aromatic rings. The van der Waals surface area contributed by atoms with Gasteiger partial charge in [0.15, 0.2) is 5.83 Å². The van der Waals surface area contributed by atoms with Crippen LogP contribution >= 0.6 is 0 Å². The van der Waals surface area contributed by atoms with Crippen LogP contribution in [0.5, 0.6) is 0 Å². The van der Waals surface area contributed by atoms with Crippen molar-refractivity contribution in [3.8, 4) is 5.69 Å². The van der Waals surface area contributed by atoms with Gasteiger partial charge in [0, 0.05) is 62.9 Å². The van der Waals surface area contributed by atoms with Crippen molar-refractivity contribution in [2.24, 2.45) is 10.4 Å². The van der Waals surface area contributed by atoms with Crippen LogP contribution in [0, 0.1) is 20.9 Å². The molecule has 3 fully saturated rings. The average molecular weight is 516 g/mol. The van der Waals surface area contributed by atoms with Crippen molar-refractivity contribution in [3.05, 3.63) is 52.1 Å². The first-order valence-corrected chi connectivity index (χ1v) is 12.3. The van der Waals surface area contributed by atoms with Gasteiger partial charge >= 0.3 is 0 Å². The quantitative estimate of drug-likeness (QED) is 0.236. The zero-order valence-corrected chi connectivity index (χ0v) is 20.2. The maximum absolute atomic E-state index is 14.6. The Hall–Kier alpha value is -3.70. The molecule has 3 aliphatic rings. The molecule has 1 spiro atoms. The Balaban J connectivity index is 1.43. The average Bonchev–Trinajstić information content (AvgIpc) is 3.46. The normalized spacial score (nSPS) is 21.3. The van der Waals surface area contributed by atoms with Crippen LogP contribution in [-0.2, 0) is 0 Å². The van der Waals surface area contributed by atoms with Crippen LogP contribution in [0.2, 0.25) is 0 Å². The lowest BCUT2D eigenvalue weighted by molar-refractivity contribution is -0.384. The third-order valence-electron chi connectivity index (χ3n) is 7.63. The van der Waals surface area contributed by atoms with Gasteiger partial charge in [0.1, 0.15) is 5.70 Å². The van der Waals surface area contributed by atoms with E-state index >= 15 is 0 Å². The van der Waals surface area contributed by atoms with Gasteiger partial charge in [-0.25, -0.2) is 22.8 Å². The number of piperidine rings is 2. The van der Waals surface area contributed by atoms with Crippen molar-refractivity contribution in [2.45, 2.75) is 44.4 Å². The van der Waals surface area contributed by atoms with Crippen molar-refractivity contribution in [3.63, 3.8) is 0 Å². The predicted molar refractivity (Wildman–Crippen MR) is 134 cm³/mol. The molecule has 2 saturated heterocycles. The van der Waals surface area contributed by atoms with Crippen LogP contribution in [-0.4, -0.2) is 64.3 Å². The van der Waals surface area contributed by atoms with E-state index in [1.807, 2.05) is 0 Å². The molecule has 37 heavy (non-hydrogen) atoms. The van der Waals surface area contributed by atoms with E-state index in [1.54, 1.807) is 23.2 Å². The molecule has 12 heteroatoms. The molecule has 1 aromatic carbocycles. The summed E-state index contributed by atoms with van der Waals surface area (Å²) in [5, 5.41) is 23.2. The molecule has 0 atom stereocenters. The summed E-state index contributed by atoms with van der Waals surface area (Å²) in [5.74, 6) is -3.60. The lowest BCUT2D eigenvalue weighted by atomic mass is 9.93. The number of benzene rings is 1. The maximum Gasteiger partial charge on any atom is 0.271 e. The Morgan fingerprint density at radius 2 is 1.78 bits per heavy atom. The molecule has 9 nitrogen and oxygen atoms in total. The standard InChI is InChI=1S/C25H28F3N7O2/c26-20(14-29)23(30-17-32-9-7-25(27,28)8-10-32)18-15-31-34(16-18)21-2-1-19(35(36)37)13-22(21)33-11-5-24(3-4-24)6-12-33/h1-2,13-17,29H,3-12H2/b23-20+,29-14?,30-17?. The number of rotatable bonds is 7. The van der Waals surface area contributed by atoms with Gasteiger partial charge in [-0.05, 0) is 37.2 Å². The first kappa shape index (κ1) is 25.0. The van der Waals surface area contributed by atoms with Crippen LogP contribution in [0.1, 0.15) is 44.1 Å². The number of nitro benzene ring substituents is 1. The molecule has 0 unspecified atom stereocenters. The summed E-state index contributed by atoms with van der Waals surface area (Å²) in [4.78, 5) is 18.9. The number of alkyl halides is 2. The van der Waals surface area contributed by atoms with Crippen LogP contribution in [0.4, 0.5) is 24.5 Å². The van der Waals surface area contributed by atoms with Crippen LogP contribution in [0.25, 0.3) is 11.4 Å². The topological polar surface area (TPSA) is 104 Å². The van der Waals surface area contributed by atoms with Crippen molar-refractivity contribution >= 4 is 29.6 Å². The number of halogens is 3. The van der Waals surface area contributed by atoms with Gasteiger partial charge in [-0.2, -0.15) is 5.10 Å². The molecule has 196 valence electrons. The fourth-order valence-corrected chi connectivity index (χ4v) is 5.00.